The molecule has 4 heavy (non-hydrogen) atoms. The van der Waals surface area contributed by atoms with Gasteiger partial charge in [-0.25, -0.2) is 0 Å². The normalized spacial score (nSPS) is 9.00. The van der Waals surface area contributed by atoms with E-state index >= 15 is 0 Å². The lowest BCUT2D eigenvalue weighted by molar-refractivity contribution is 1.22. The van der Waals surface area contributed by atoms with Gasteiger partial charge in [-0.2, -0.15) is 0 Å². The molecule has 0 N–H and O–H groups in total. The van der Waals surface area contributed by atoms with Gasteiger partial charge in [0, 0.05) is 0 Å². The Morgan fingerprint density at radius 1 is 1.50 bits per heavy atom. The fourth-order valence-corrected chi connectivity index (χ4v) is 0. The van der Waals surface area contributed by atoms with Crippen LogP contribution in [0.15, 0.2) is 0 Å². The van der Waals surface area contributed by atoms with Crippen molar-refractivity contribution in [1.82, 2.24) is 4.00 Å². The molecule has 0 fully saturated rings. The summed E-state index contributed by atoms with van der Waals surface area (Å²) in [6.45, 7) is 0. The molecule has 0 amide bonds. The first kappa shape index (κ1) is 4.82. The van der Waals surface area contributed by atoms with Gasteiger partial charge in [-0.1, -0.05) is 9.39 Å². The molecule has 0 aliphatic heterocycles. The molecule has 0 saturated carbocycles. The average Bonchev–Trinajstić information content (AvgIpc) is 0.811. The summed E-state index contributed by atoms with van der Waals surface area (Å²) in [7, 11) is 8.36. The van der Waals surface area contributed by atoms with E-state index in [1.165, 1.54) is 4.00 Å². The standard InChI is InChI=1S/H2NPSi2/c2-1(3)4/h2H2. The van der Waals surface area contributed by atoms with Crippen LogP contribution >= 0.6 is 9.39 Å². The Morgan fingerprint density at radius 3 is 1.50 bits per heavy atom. The molecule has 6 radical (unpaired) electrons. The highest BCUT2D eigenvalue weighted by atomic mass is 31.0. The maximum atomic E-state index is 3.02. The van der Waals surface area contributed by atoms with Crippen molar-refractivity contribution in [2.24, 2.45) is 0 Å². The fraction of sp³-hybridized carbons (Fsp3) is 0. The van der Waals surface area contributed by atoms with E-state index in [1.54, 1.807) is 0 Å². The van der Waals surface area contributed by atoms with Crippen molar-refractivity contribution in [3.8, 4) is 0 Å². The SMILES string of the molecule is [Si]N([Si])P. The van der Waals surface area contributed by atoms with Crippen molar-refractivity contribution in [2.75, 3.05) is 0 Å². The van der Waals surface area contributed by atoms with E-state index in [0.29, 0.717) is 0 Å². The summed E-state index contributed by atoms with van der Waals surface area (Å²) in [4.78, 5) is 0. The molecule has 1 atom stereocenters. The summed E-state index contributed by atoms with van der Waals surface area (Å²) in [5.74, 6) is 0. The highest BCUT2D eigenvalue weighted by molar-refractivity contribution is 7.18. The summed E-state index contributed by atoms with van der Waals surface area (Å²) in [6, 6.07) is 0. The molecule has 0 aromatic heterocycles. The molecule has 0 aliphatic carbocycles. The number of nitrogens with zero attached hydrogens (tertiary/aromatic N) is 1. The molecule has 4 heteroatoms. The van der Waals surface area contributed by atoms with Crippen LogP contribution in [0.3, 0.4) is 0 Å². The fourth-order valence-electron chi connectivity index (χ4n) is 0. The highest BCUT2D eigenvalue weighted by Gasteiger charge is 1.61. The molecule has 0 spiro atoms. The predicted octanol–water partition coefficient (Wildman–Crippen LogP) is -0.755. The van der Waals surface area contributed by atoms with E-state index in [1.807, 2.05) is 0 Å². The van der Waals surface area contributed by atoms with E-state index in [-0.39, 0.29) is 0 Å². The Hall–Kier alpha value is 0.824. The van der Waals surface area contributed by atoms with Crippen LogP contribution in [0.1, 0.15) is 0 Å². The molecule has 0 aromatic carbocycles. The lowest BCUT2D eigenvalue weighted by Crippen LogP contribution is -1.95. The number of hydrogen-bond acceptors (Lipinski definition) is 1. The molecule has 0 rings (SSSR count). The van der Waals surface area contributed by atoms with E-state index in [0.717, 1.165) is 0 Å². The third kappa shape index (κ3) is 13.8. The third-order valence-electron chi connectivity index (χ3n) is 0. The zero-order valence-corrected chi connectivity index (χ0v) is 5.18. The van der Waals surface area contributed by atoms with Crippen LogP contribution in [0.5, 0.6) is 0 Å². The maximum absolute atomic E-state index is 3.02. The maximum Gasteiger partial charge on any atom is 0.138 e. The van der Waals surface area contributed by atoms with E-state index in [4.69, 9.17) is 0 Å². The second kappa shape index (κ2) is 2.09. The lowest BCUT2D eigenvalue weighted by atomic mass is 13.8. The molecule has 0 heterocycles. The first-order valence-electron chi connectivity index (χ1n) is 0.705. The predicted molar refractivity (Wildman–Crippen MR) is 23.1 cm³/mol. The van der Waals surface area contributed by atoms with Gasteiger partial charge in [0.1, 0.15) is 20.8 Å². The van der Waals surface area contributed by atoms with E-state index < -0.39 is 0 Å². The summed E-state index contributed by atoms with van der Waals surface area (Å²) in [6.07, 6.45) is 0. The summed E-state index contributed by atoms with van der Waals surface area (Å²) < 4.78 is 1.53. The van der Waals surface area contributed by atoms with Crippen LogP contribution in [0.4, 0.5) is 0 Å². The largest absolute Gasteiger partial charge is 0.335 e. The van der Waals surface area contributed by atoms with Gasteiger partial charge in [-0.05, 0) is 0 Å². The Balaban J connectivity index is 2.32. The Kier molecular flexibility index (Phi) is 2.51. The van der Waals surface area contributed by atoms with Crippen molar-refractivity contribution >= 4 is 30.2 Å². The third-order valence-corrected chi connectivity index (χ3v) is 0. The van der Waals surface area contributed by atoms with Gasteiger partial charge in [0.25, 0.3) is 0 Å². The van der Waals surface area contributed by atoms with Crippen molar-refractivity contribution < 1.29 is 0 Å². The second-order valence-electron chi connectivity index (χ2n) is 0.370. The monoisotopic (exact) mass is 103 g/mol. The van der Waals surface area contributed by atoms with Crippen molar-refractivity contribution in [2.45, 2.75) is 0 Å². The first-order valence-corrected chi connectivity index (χ1v) is 2.12. The number of hydrogen-bond donors (Lipinski definition) is 0. The Bertz CT molecular complexity index is 10.8. The Labute approximate surface area is 35.0 Å². The van der Waals surface area contributed by atoms with Crippen LogP contribution in [-0.2, 0) is 0 Å². The lowest BCUT2D eigenvalue weighted by Gasteiger charge is -1.88. The minimum absolute atomic E-state index is 1.53. The molecule has 0 saturated heterocycles. The topological polar surface area (TPSA) is 3.24 Å². The van der Waals surface area contributed by atoms with Crippen LogP contribution in [0, 0.1) is 0 Å². The van der Waals surface area contributed by atoms with Gasteiger partial charge < -0.3 is 4.00 Å². The minimum Gasteiger partial charge on any atom is -0.335 e. The average molecular weight is 103 g/mol. The van der Waals surface area contributed by atoms with Gasteiger partial charge in [0.2, 0.25) is 0 Å². The quantitative estimate of drug-likeness (QED) is 0.288. The van der Waals surface area contributed by atoms with E-state index in [9.17, 15) is 0 Å². The highest BCUT2D eigenvalue weighted by Crippen LogP contribution is 1.75. The molecule has 0 aromatic rings. The van der Waals surface area contributed by atoms with Crippen molar-refractivity contribution in [3.05, 3.63) is 0 Å². The van der Waals surface area contributed by atoms with Crippen LogP contribution in [-0.4, -0.2) is 24.8 Å². The van der Waals surface area contributed by atoms with Gasteiger partial charge >= 0.3 is 0 Å². The van der Waals surface area contributed by atoms with E-state index in [2.05, 4.69) is 30.2 Å². The number of rotatable bonds is 0. The molecule has 1 nitrogen and oxygen atoms in total. The summed E-state index contributed by atoms with van der Waals surface area (Å²) in [5.41, 5.74) is 0. The summed E-state index contributed by atoms with van der Waals surface area (Å²) in [5, 5.41) is 0. The van der Waals surface area contributed by atoms with Gasteiger partial charge in [-0.3, -0.25) is 0 Å². The molecule has 20 valence electrons. The molecule has 0 bridgehead atoms. The van der Waals surface area contributed by atoms with Crippen LogP contribution in [0.25, 0.3) is 0 Å². The van der Waals surface area contributed by atoms with Crippen LogP contribution in [0.2, 0.25) is 0 Å². The smallest absolute Gasteiger partial charge is 0.138 e. The van der Waals surface area contributed by atoms with Gasteiger partial charge in [0.15, 0.2) is 0 Å². The minimum atomic E-state index is 1.53. The molecule has 0 aliphatic rings. The zero-order valence-electron chi connectivity index (χ0n) is 2.02. The molecular formula is H2NPSi2. The summed E-state index contributed by atoms with van der Waals surface area (Å²) >= 11 is 0. The Morgan fingerprint density at radius 2 is 1.50 bits per heavy atom. The van der Waals surface area contributed by atoms with Gasteiger partial charge in [-0.15, -0.1) is 0 Å². The van der Waals surface area contributed by atoms with Crippen LogP contribution < -0.4 is 0 Å². The van der Waals surface area contributed by atoms with Crippen molar-refractivity contribution in [3.63, 3.8) is 0 Å². The molecule has 1 unspecified atom stereocenters. The second-order valence-corrected chi connectivity index (χ2v) is 3.33. The van der Waals surface area contributed by atoms with Gasteiger partial charge in [0.05, 0.1) is 0 Å². The first-order chi connectivity index (χ1) is 1.73. The molecular weight excluding hydrogens is 101 g/mol. The van der Waals surface area contributed by atoms with Crippen molar-refractivity contribution in [1.29, 1.82) is 0 Å². The zero-order chi connectivity index (χ0) is 3.58.